The molecule has 0 aliphatic heterocycles. The molecular weight excluding hydrogens is 253 g/mol. The maximum absolute atomic E-state index is 12.3. The highest BCUT2D eigenvalue weighted by Crippen LogP contribution is 2.21. The van der Waals surface area contributed by atoms with Gasteiger partial charge in [0.25, 0.3) is 0 Å². The third-order valence-corrected chi connectivity index (χ3v) is 2.59. The van der Waals surface area contributed by atoms with Crippen LogP contribution in [-0.2, 0) is 6.54 Å². The molecular formula is C14H21F3N2. The number of alkyl halides is 3. The van der Waals surface area contributed by atoms with Crippen LogP contribution in [0.25, 0.3) is 0 Å². The number of rotatable bonds is 6. The van der Waals surface area contributed by atoms with Gasteiger partial charge in [0.2, 0.25) is 0 Å². The first-order chi connectivity index (χ1) is 8.66. The van der Waals surface area contributed by atoms with Crippen LogP contribution in [0.3, 0.4) is 0 Å². The second kappa shape index (κ2) is 6.39. The largest absolute Gasteiger partial charge is 0.390 e. The van der Waals surface area contributed by atoms with Crippen LogP contribution in [0.1, 0.15) is 25.8 Å². The average Bonchev–Trinajstić information content (AvgIpc) is 2.24. The lowest BCUT2D eigenvalue weighted by molar-refractivity contribution is -0.138. The fourth-order valence-electron chi connectivity index (χ4n) is 1.92. The van der Waals surface area contributed by atoms with Crippen molar-refractivity contribution in [3.8, 4) is 0 Å². The van der Waals surface area contributed by atoms with Gasteiger partial charge in [-0.25, -0.2) is 0 Å². The molecule has 1 rings (SSSR count). The molecule has 0 aliphatic carbocycles. The molecule has 0 bridgehead atoms. The minimum Gasteiger partial charge on any atom is -0.324 e. The van der Waals surface area contributed by atoms with E-state index >= 15 is 0 Å². The second-order valence-corrected chi connectivity index (χ2v) is 5.55. The van der Waals surface area contributed by atoms with E-state index in [0.29, 0.717) is 13.1 Å². The number of hydrogen-bond acceptors (Lipinski definition) is 2. The molecule has 0 fully saturated rings. The molecule has 0 heterocycles. The van der Waals surface area contributed by atoms with Gasteiger partial charge in [-0.2, -0.15) is 13.2 Å². The Morgan fingerprint density at radius 2 is 1.68 bits per heavy atom. The van der Waals surface area contributed by atoms with Crippen LogP contribution in [-0.4, -0.2) is 29.7 Å². The zero-order chi connectivity index (χ0) is 14.5. The molecule has 2 N–H and O–H groups in total. The highest BCUT2D eigenvalue weighted by molar-refractivity contribution is 5.14. The van der Waals surface area contributed by atoms with E-state index < -0.39 is 18.1 Å². The maximum Gasteiger partial charge on any atom is 0.390 e. The van der Waals surface area contributed by atoms with Crippen molar-refractivity contribution in [1.29, 1.82) is 0 Å². The number of hydrogen-bond donors (Lipinski definition) is 1. The molecule has 0 saturated heterocycles. The van der Waals surface area contributed by atoms with Crippen molar-refractivity contribution >= 4 is 0 Å². The molecule has 0 aliphatic rings. The summed E-state index contributed by atoms with van der Waals surface area (Å²) in [5, 5.41) is 0. The third kappa shape index (κ3) is 7.85. The summed E-state index contributed by atoms with van der Waals surface area (Å²) in [5.74, 6) is 0. The lowest BCUT2D eigenvalue weighted by atomic mass is 10.1. The van der Waals surface area contributed by atoms with Crippen LogP contribution >= 0.6 is 0 Å². The first kappa shape index (κ1) is 16.0. The van der Waals surface area contributed by atoms with Gasteiger partial charge in [-0.3, -0.25) is 4.90 Å². The summed E-state index contributed by atoms with van der Waals surface area (Å²) in [6, 6.07) is 9.46. The first-order valence-corrected chi connectivity index (χ1v) is 6.28. The molecule has 0 unspecified atom stereocenters. The molecule has 2 nitrogen and oxygen atoms in total. The van der Waals surface area contributed by atoms with Gasteiger partial charge in [0, 0.05) is 25.2 Å². The van der Waals surface area contributed by atoms with E-state index in [0.717, 1.165) is 5.56 Å². The first-order valence-electron chi connectivity index (χ1n) is 6.28. The Labute approximate surface area is 112 Å². The van der Waals surface area contributed by atoms with Crippen LogP contribution in [0.5, 0.6) is 0 Å². The Morgan fingerprint density at radius 3 is 2.16 bits per heavy atom. The normalized spacial score (nSPS) is 13.0. The topological polar surface area (TPSA) is 29.3 Å². The monoisotopic (exact) mass is 274 g/mol. The lowest BCUT2D eigenvalue weighted by Crippen LogP contribution is -2.45. The molecule has 0 aromatic heterocycles. The highest BCUT2D eigenvalue weighted by atomic mass is 19.4. The Bertz CT molecular complexity index is 369. The van der Waals surface area contributed by atoms with Crippen molar-refractivity contribution in [3.05, 3.63) is 35.9 Å². The second-order valence-electron chi connectivity index (χ2n) is 5.55. The van der Waals surface area contributed by atoms with Crippen LogP contribution < -0.4 is 5.73 Å². The predicted molar refractivity (Wildman–Crippen MR) is 70.7 cm³/mol. The minimum atomic E-state index is -4.13. The van der Waals surface area contributed by atoms with E-state index in [1.807, 2.05) is 44.2 Å². The van der Waals surface area contributed by atoms with Gasteiger partial charge in [-0.15, -0.1) is 0 Å². The molecule has 0 atom stereocenters. The Balaban J connectivity index is 2.64. The van der Waals surface area contributed by atoms with Crippen LogP contribution in [0.15, 0.2) is 30.3 Å². The van der Waals surface area contributed by atoms with E-state index in [1.54, 1.807) is 4.90 Å². The van der Waals surface area contributed by atoms with E-state index in [9.17, 15) is 13.2 Å². The quantitative estimate of drug-likeness (QED) is 0.863. The molecule has 1 aromatic carbocycles. The molecule has 5 heteroatoms. The zero-order valence-electron chi connectivity index (χ0n) is 11.4. The van der Waals surface area contributed by atoms with Crippen molar-refractivity contribution in [3.63, 3.8) is 0 Å². The molecule has 19 heavy (non-hydrogen) atoms. The fourth-order valence-corrected chi connectivity index (χ4v) is 1.92. The summed E-state index contributed by atoms with van der Waals surface area (Å²) in [4.78, 5) is 1.75. The Morgan fingerprint density at radius 1 is 1.11 bits per heavy atom. The van der Waals surface area contributed by atoms with Crippen LogP contribution in [0, 0.1) is 0 Å². The average molecular weight is 274 g/mol. The molecule has 0 radical (unpaired) electrons. The van der Waals surface area contributed by atoms with Gasteiger partial charge in [-0.05, 0) is 19.4 Å². The van der Waals surface area contributed by atoms with Gasteiger partial charge in [0.1, 0.15) is 0 Å². The summed E-state index contributed by atoms with van der Waals surface area (Å²) < 4.78 is 37.0. The Hall–Kier alpha value is -1.07. The smallest absolute Gasteiger partial charge is 0.324 e. The molecule has 0 saturated carbocycles. The molecule has 108 valence electrons. The van der Waals surface area contributed by atoms with Gasteiger partial charge in [-0.1, -0.05) is 30.3 Å². The third-order valence-electron chi connectivity index (χ3n) is 2.59. The SMILES string of the molecule is CC(C)(N)CN(CCC(F)(F)F)Cc1ccccc1. The van der Waals surface area contributed by atoms with E-state index in [-0.39, 0.29) is 6.54 Å². The standard InChI is InChI=1S/C14H21F3N2/c1-13(2,18)11-19(9-8-14(15,16)17)10-12-6-4-3-5-7-12/h3-7H,8-11,18H2,1-2H3. The zero-order valence-corrected chi connectivity index (χ0v) is 11.4. The summed E-state index contributed by atoms with van der Waals surface area (Å²) in [6.07, 6.45) is -4.94. The van der Waals surface area contributed by atoms with Crippen molar-refractivity contribution in [2.75, 3.05) is 13.1 Å². The fraction of sp³-hybridized carbons (Fsp3) is 0.571. The van der Waals surface area contributed by atoms with E-state index in [1.165, 1.54) is 0 Å². The van der Waals surface area contributed by atoms with Crippen molar-refractivity contribution < 1.29 is 13.2 Å². The molecule has 0 spiro atoms. The lowest BCUT2D eigenvalue weighted by Gasteiger charge is -2.30. The predicted octanol–water partition coefficient (Wildman–Crippen LogP) is 3.18. The van der Waals surface area contributed by atoms with Crippen molar-refractivity contribution in [1.82, 2.24) is 4.90 Å². The van der Waals surface area contributed by atoms with Crippen molar-refractivity contribution in [2.24, 2.45) is 5.73 Å². The summed E-state index contributed by atoms with van der Waals surface area (Å²) in [7, 11) is 0. The number of nitrogens with two attached hydrogens (primary N) is 1. The number of nitrogens with zero attached hydrogens (tertiary/aromatic N) is 1. The summed E-state index contributed by atoms with van der Waals surface area (Å²) >= 11 is 0. The number of benzene rings is 1. The summed E-state index contributed by atoms with van der Waals surface area (Å²) in [5.41, 5.74) is 6.39. The van der Waals surface area contributed by atoms with Gasteiger partial charge < -0.3 is 5.73 Å². The van der Waals surface area contributed by atoms with E-state index in [4.69, 9.17) is 5.73 Å². The van der Waals surface area contributed by atoms with Gasteiger partial charge in [0.15, 0.2) is 0 Å². The van der Waals surface area contributed by atoms with Crippen LogP contribution in [0.2, 0.25) is 0 Å². The highest BCUT2D eigenvalue weighted by Gasteiger charge is 2.28. The minimum absolute atomic E-state index is 0.0287. The molecule has 1 aromatic rings. The van der Waals surface area contributed by atoms with E-state index in [2.05, 4.69) is 0 Å². The van der Waals surface area contributed by atoms with Gasteiger partial charge >= 0.3 is 6.18 Å². The van der Waals surface area contributed by atoms with Crippen molar-refractivity contribution in [2.45, 2.75) is 38.5 Å². The number of halogens is 3. The summed E-state index contributed by atoms with van der Waals surface area (Å²) in [6.45, 7) is 4.52. The Kier molecular flexibility index (Phi) is 5.38. The van der Waals surface area contributed by atoms with Gasteiger partial charge in [0.05, 0.1) is 6.42 Å². The van der Waals surface area contributed by atoms with Crippen LogP contribution in [0.4, 0.5) is 13.2 Å². The maximum atomic E-state index is 12.3. The molecule has 0 amide bonds.